The van der Waals surface area contributed by atoms with Gasteiger partial charge < -0.3 is 31.9 Å². The Balaban J connectivity index is 5.00. The molecule has 0 radical (unpaired) electrons. The fraction of sp³-hybridized carbons (Fsp3) is 0.706. The highest BCUT2D eigenvalue weighted by atomic mass is 32.1. The summed E-state index contributed by atoms with van der Waals surface area (Å²) in [5, 5.41) is 24.9. The average Bonchev–Trinajstić information content (AvgIpc) is 2.66. The molecule has 0 saturated heterocycles. The third kappa shape index (κ3) is 9.61. The molecule has 7 N–H and O–H groups in total. The number of nitrogens with one attached hydrogen (secondary N) is 3. The van der Waals surface area contributed by atoms with Gasteiger partial charge in [-0.05, 0) is 19.3 Å². The van der Waals surface area contributed by atoms with E-state index < -0.39 is 53.8 Å². The second-order valence-electron chi connectivity index (χ2n) is 6.72. The standard InChI is InChI=1S/C17H30N4O7S/c1-4-8(2)13(16(26)20-11(7-29)17(27)28)21-14(24)9(3)19-15(25)10(18)5-6-12(22)23/h8-11,13,29H,4-7,18H2,1-3H3,(H,19,25)(H,20,26)(H,21,24)(H,22,23)(H,27,28). The number of aliphatic carboxylic acids is 2. The number of carbonyl (C=O) groups is 5. The second-order valence-corrected chi connectivity index (χ2v) is 7.09. The van der Waals surface area contributed by atoms with Crippen LogP contribution in [0.25, 0.3) is 0 Å². The monoisotopic (exact) mass is 434 g/mol. The Hall–Kier alpha value is -2.34. The lowest BCUT2D eigenvalue weighted by atomic mass is 9.97. The number of carboxylic acids is 2. The average molecular weight is 435 g/mol. The first kappa shape index (κ1) is 26.7. The summed E-state index contributed by atoms with van der Waals surface area (Å²) in [7, 11) is 0. The molecule has 0 bridgehead atoms. The van der Waals surface area contributed by atoms with Crippen LogP contribution in [0.1, 0.15) is 40.0 Å². The smallest absolute Gasteiger partial charge is 0.327 e. The molecule has 0 aromatic heterocycles. The summed E-state index contributed by atoms with van der Waals surface area (Å²) in [6.07, 6.45) is 0.146. The quantitative estimate of drug-likeness (QED) is 0.174. The summed E-state index contributed by atoms with van der Waals surface area (Å²) in [5.41, 5.74) is 5.60. The lowest BCUT2D eigenvalue weighted by molar-refractivity contribution is -0.142. The Morgan fingerprint density at radius 2 is 1.55 bits per heavy atom. The van der Waals surface area contributed by atoms with Crippen molar-refractivity contribution in [3.8, 4) is 0 Å². The molecule has 0 spiro atoms. The van der Waals surface area contributed by atoms with E-state index in [2.05, 4.69) is 28.6 Å². The van der Waals surface area contributed by atoms with Crippen LogP contribution < -0.4 is 21.7 Å². The van der Waals surface area contributed by atoms with Gasteiger partial charge in [-0.25, -0.2) is 4.79 Å². The highest BCUT2D eigenvalue weighted by Gasteiger charge is 2.31. The third-order valence-electron chi connectivity index (χ3n) is 4.35. The summed E-state index contributed by atoms with van der Waals surface area (Å²) in [4.78, 5) is 58.5. The van der Waals surface area contributed by atoms with E-state index in [0.29, 0.717) is 6.42 Å². The van der Waals surface area contributed by atoms with Crippen LogP contribution in [0.4, 0.5) is 0 Å². The Bertz CT molecular complexity index is 617. The molecule has 0 aliphatic heterocycles. The third-order valence-corrected chi connectivity index (χ3v) is 4.71. The molecule has 0 aliphatic carbocycles. The van der Waals surface area contributed by atoms with Crippen molar-refractivity contribution < 1.29 is 34.2 Å². The van der Waals surface area contributed by atoms with Crippen LogP contribution >= 0.6 is 12.6 Å². The molecule has 12 heteroatoms. The zero-order valence-electron chi connectivity index (χ0n) is 16.7. The van der Waals surface area contributed by atoms with Crippen LogP contribution in [-0.2, 0) is 24.0 Å². The van der Waals surface area contributed by atoms with Crippen LogP contribution in [-0.4, -0.2) is 69.8 Å². The molecular formula is C17H30N4O7S. The molecule has 5 unspecified atom stereocenters. The predicted molar refractivity (Wildman–Crippen MR) is 107 cm³/mol. The maximum Gasteiger partial charge on any atom is 0.327 e. The maximum absolute atomic E-state index is 12.5. The lowest BCUT2D eigenvalue weighted by Gasteiger charge is -2.26. The maximum atomic E-state index is 12.5. The van der Waals surface area contributed by atoms with Gasteiger partial charge in [-0.2, -0.15) is 12.6 Å². The number of hydrogen-bond acceptors (Lipinski definition) is 7. The van der Waals surface area contributed by atoms with Crippen LogP contribution in [0.15, 0.2) is 0 Å². The number of nitrogens with two attached hydrogens (primary N) is 1. The minimum absolute atomic E-state index is 0.0896. The van der Waals surface area contributed by atoms with Crippen molar-refractivity contribution in [2.24, 2.45) is 11.7 Å². The molecule has 0 aromatic carbocycles. The molecule has 0 fully saturated rings. The zero-order valence-corrected chi connectivity index (χ0v) is 17.6. The van der Waals surface area contributed by atoms with Crippen molar-refractivity contribution in [3.05, 3.63) is 0 Å². The first-order valence-electron chi connectivity index (χ1n) is 9.16. The molecule has 0 aliphatic rings. The summed E-state index contributed by atoms with van der Waals surface area (Å²) >= 11 is 3.88. The van der Waals surface area contributed by atoms with Crippen molar-refractivity contribution in [1.29, 1.82) is 0 Å². The molecular weight excluding hydrogens is 404 g/mol. The summed E-state index contributed by atoms with van der Waals surface area (Å²) in [6, 6.07) is -4.37. The summed E-state index contributed by atoms with van der Waals surface area (Å²) < 4.78 is 0. The molecule has 0 saturated carbocycles. The Kier molecular flexibility index (Phi) is 11.9. The van der Waals surface area contributed by atoms with Gasteiger partial charge in [0, 0.05) is 12.2 Å². The number of hydrogen-bond donors (Lipinski definition) is 7. The van der Waals surface area contributed by atoms with Gasteiger partial charge >= 0.3 is 11.9 Å². The molecule has 0 rings (SSSR count). The predicted octanol–water partition coefficient (Wildman–Crippen LogP) is -1.29. The molecule has 29 heavy (non-hydrogen) atoms. The highest BCUT2D eigenvalue weighted by molar-refractivity contribution is 7.80. The van der Waals surface area contributed by atoms with E-state index in [1.165, 1.54) is 6.92 Å². The van der Waals surface area contributed by atoms with E-state index >= 15 is 0 Å². The fourth-order valence-electron chi connectivity index (χ4n) is 2.22. The summed E-state index contributed by atoms with van der Waals surface area (Å²) in [5.74, 6) is -4.81. The number of thiol groups is 1. The fourth-order valence-corrected chi connectivity index (χ4v) is 2.47. The van der Waals surface area contributed by atoms with E-state index in [1.54, 1.807) is 13.8 Å². The first-order valence-corrected chi connectivity index (χ1v) is 9.79. The second kappa shape index (κ2) is 13.0. The Morgan fingerprint density at radius 3 is 2.00 bits per heavy atom. The topological polar surface area (TPSA) is 188 Å². The van der Waals surface area contributed by atoms with Crippen LogP contribution in [0.2, 0.25) is 0 Å². The Labute approximate surface area is 174 Å². The van der Waals surface area contributed by atoms with Crippen LogP contribution in [0.3, 0.4) is 0 Å². The number of amides is 3. The molecule has 0 heterocycles. The van der Waals surface area contributed by atoms with E-state index in [9.17, 15) is 24.0 Å². The molecule has 0 aromatic rings. The highest BCUT2D eigenvalue weighted by Crippen LogP contribution is 2.09. The minimum Gasteiger partial charge on any atom is -0.481 e. The molecule has 11 nitrogen and oxygen atoms in total. The van der Waals surface area contributed by atoms with Crippen molar-refractivity contribution in [3.63, 3.8) is 0 Å². The number of carbonyl (C=O) groups excluding carboxylic acids is 3. The van der Waals surface area contributed by atoms with E-state index in [1.807, 2.05) is 0 Å². The van der Waals surface area contributed by atoms with Gasteiger partial charge in [-0.1, -0.05) is 20.3 Å². The summed E-state index contributed by atoms with van der Waals surface area (Å²) in [6.45, 7) is 4.90. The van der Waals surface area contributed by atoms with E-state index in [-0.39, 0.29) is 24.5 Å². The van der Waals surface area contributed by atoms with Gasteiger partial charge in [0.25, 0.3) is 0 Å². The van der Waals surface area contributed by atoms with Gasteiger partial charge in [0.05, 0.1) is 6.04 Å². The SMILES string of the molecule is CCC(C)C(NC(=O)C(C)NC(=O)C(N)CCC(=O)O)C(=O)NC(CS)C(=O)O. The van der Waals surface area contributed by atoms with Gasteiger partial charge in [0.1, 0.15) is 18.1 Å². The molecule has 166 valence electrons. The van der Waals surface area contributed by atoms with Crippen LogP contribution in [0.5, 0.6) is 0 Å². The van der Waals surface area contributed by atoms with Gasteiger partial charge in [-0.15, -0.1) is 0 Å². The van der Waals surface area contributed by atoms with Gasteiger partial charge in [-0.3, -0.25) is 19.2 Å². The van der Waals surface area contributed by atoms with E-state index in [4.69, 9.17) is 15.9 Å². The zero-order chi connectivity index (χ0) is 22.7. The van der Waals surface area contributed by atoms with Gasteiger partial charge in [0.2, 0.25) is 17.7 Å². The largest absolute Gasteiger partial charge is 0.481 e. The minimum atomic E-state index is -1.25. The van der Waals surface area contributed by atoms with Crippen molar-refractivity contribution in [2.75, 3.05) is 5.75 Å². The van der Waals surface area contributed by atoms with Gasteiger partial charge in [0.15, 0.2) is 0 Å². The van der Waals surface area contributed by atoms with Crippen molar-refractivity contribution in [2.45, 2.75) is 64.2 Å². The number of carboxylic acid groups (broad SMARTS) is 2. The Morgan fingerprint density at radius 1 is 0.966 bits per heavy atom. The number of rotatable bonds is 13. The normalized spacial score (nSPS) is 15.9. The molecule has 3 amide bonds. The van der Waals surface area contributed by atoms with Crippen LogP contribution in [0, 0.1) is 5.92 Å². The lowest BCUT2D eigenvalue weighted by Crippen LogP contribution is -2.58. The molecule has 5 atom stereocenters. The van der Waals surface area contributed by atoms with Crippen molar-refractivity contribution >= 4 is 42.3 Å². The van der Waals surface area contributed by atoms with E-state index in [0.717, 1.165) is 0 Å². The van der Waals surface area contributed by atoms with Crippen molar-refractivity contribution in [1.82, 2.24) is 16.0 Å². The first-order chi connectivity index (χ1) is 13.4.